The number of carbonyl (C=O) groups excluding carboxylic acids is 1. The van der Waals surface area contributed by atoms with Gasteiger partial charge in [-0.1, -0.05) is 25.0 Å². The van der Waals surface area contributed by atoms with Gasteiger partial charge in [0.2, 0.25) is 5.91 Å². The van der Waals surface area contributed by atoms with Crippen LogP contribution in [-0.4, -0.2) is 17.7 Å². The van der Waals surface area contributed by atoms with E-state index in [0.29, 0.717) is 12.0 Å². The summed E-state index contributed by atoms with van der Waals surface area (Å²) in [6.45, 7) is 3.41. The molecule has 112 valence electrons. The molecule has 1 aromatic rings. The highest BCUT2D eigenvalue weighted by Crippen LogP contribution is 2.09. The van der Waals surface area contributed by atoms with Crippen molar-refractivity contribution in [3.05, 3.63) is 35.1 Å². The molecule has 1 aromatic carbocycles. The number of hydrogen-bond acceptors (Lipinski definition) is 3. The third-order valence-corrected chi connectivity index (χ3v) is 3.18. The molecule has 0 fully saturated rings. The van der Waals surface area contributed by atoms with Gasteiger partial charge in [-0.15, -0.1) is 0 Å². The summed E-state index contributed by atoms with van der Waals surface area (Å²) in [6.07, 6.45) is 4.24. The fraction of sp³-hybridized carbons (Fsp3) is 0.533. The van der Waals surface area contributed by atoms with E-state index in [2.05, 4.69) is 5.32 Å². The lowest BCUT2D eigenvalue weighted by Crippen LogP contribution is -2.17. The fourth-order valence-electron chi connectivity index (χ4n) is 1.99. The second kappa shape index (κ2) is 9.44. The largest absolute Gasteiger partial charge is 0.313 e. The number of amides is 1. The number of unbranched alkanes of at least 4 members (excludes halogenated alkanes) is 3. The van der Waals surface area contributed by atoms with Crippen molar-refractivity contribution >= 4 is 5.91 Å². The zero-order valence-corrected chi connectivity index (χ0v) is 11.9. The Kier molecular flexibility index (Phi) is 7.84. The predicted molar refractivity (Wildman–Crippen MR) is 75.9 cm³/mol. The summed E-state index contributed by atoms with van der Waals surface area (Å²) in [4.78, 5) is 10.8. The SMILES string of the molecule is Cc1cc(CNCCCCCCC(=O)NO)ccc1F. The smallest absolute Gasteiger partial charge is 0.243 e. The topological polar surface area (TPSA) is 61.4 Å². The average molecular weight is 282 g/mol. The molecule has 20 heavy (non-hydrogen) atoms. The maximum absolute atomic E-state index is 13.1. The van der Waals surface area contributed by atoms with Gasteiger partial charge in [0.05, 0.1) is 0 Å². The molecule has 0 heterocycles. The number of benzene rings is 1. The molecule has 0 aliphatic rings. The lowest BCUT2D eigenvalue weighted by molar-refractivity contribution is -0.129. The first-order valence-corrected chi connectivity index (χ1v) is 7.02. The van der Waals surface area contributed by atoms with E-state index in [0.717, 1.165) is 44.3 Å². The lowest BCUT2D eigenvalue weighted by atomic mass is 10.1. The molecule has 4 nitrogen and oxygen atoms in total. The minimum Gasteiger partial charge on any atom is -0.313 e. The van der Waals surface area contributed by atoms with Crippen LogP contribution >= 0.6 is 0 Å². The molecule has 0 atom stereocenters. The third-order valence-electron chi connectivity index (χ3n) is 3.18. The maximum atomic E-state index is 13.1. The van der Waals surface area contributed by atoms with E-state index in [9.17, 15) is 9.18 Å². The van der Waals surface area contributed by atoms with Crippen LogP contribution < -0.4 is 10.8 Å². The van der Waals surface area contributed by atoms with Crippen molar-refractivity contribution in [3.8, 4) is 0 Å². The van der Waals surface area contributed by atoms with Gasteiger partial charge in [0.25, 0.3) is 0 Å². The van der Waals surface area contributed by atoms with Crippen LogP contribution in [0, 0.1) is 12.7 Å². The third kappa shape index (κ3) is 6.63. The minimum atomic E-state index is -0.324. The molecule has 0 aliphatic heterocycles. The molecule has 0 radical (unpaired) electrons. The Balaban J connectivity index is 2.02. The van der Waals surface area contributed by atoms with Gasteiger partial charge in [0, 0.05) is 13.0 Å². The first kappa shape index (κ1) is 16.6. The highest BCUT2D eigenvalue weighted by molar-refractivity contribution is 5.74. The van der Waals surface area contributed by atoms with E-state index in [4.69, 9.17) is 5.21 Å². The Hall–Kier alpha value is -1.46. The zero-order chi connectivity index (χ0) is 14.8. The summed E-state index contributed by atoms with van der Waals surface area (Å²) in [5.74, 6) is -0.490. The van der Waals surface area contributed by atoms with Gasteiger partial charge in [-0.05, 0) is 43.5 Å². The molecular formula is C15H23FN2O2. The monoisotopic (exact) mass is 282 g/mol. The van der Waals surface area contributed by atoms with E-state index in [1.165, 1.54) is 6.07 Å². The number of aryl methyl sites for hydroxylation is 1. The van der Waals surface area contributed by atoms with E-state index in [-0.39, 0.29) is 11.7 Å². The first-order valence-electron chi connectivity index (χ1n) is 7.02. The molecule has 0 saturated heterocycles. The van der Waals surface area contributed by atoms with E-state index < -0.39 is 0 Å². The van der Waals surface area contributed by atoms with Gasteiger partial charge in [-0.3, -0.25) is 10.0 Å². The summed E-state index contributed by atoms with van der Waals surface area (Å²) < 4.78 is 13.1. The van der Waals surface area contributed by atoms with Gasteiger partial charge in [0.15, 0.2) is 0 Å². The van der Waals surface area contributed by atoms with E-state index in [1.54, 1.807) is 18.5 Å². The highest BCUT2D eigenvalue weighted by Gasteiger charge is 2.00. The molecule has 0 spiro atoms. The van der Waals surface area contributed by atoms with Crippen LogP contribution in [0.2, 0.25) is 0 Å². The van der Waals surface area contributed by atoms with E-state index >= 15 is 0 Å². The van der Waals surface area contributed by atoms with Gasteiger partial charge in [-0.25, -0.2) is 9.87 Å². The van der Waals surface area contributed by atoms with Crippen LogP contribution in [0.4, 0.5) is 4.39 Å². The van der Waals surface area contributed by atoms with Gasteiger partial charge < -0.3 is 5.32 Å². The van der Waals surface area contributed by atoms with Crippen molar-refractivity contribution in [1.82, 2.24) is 10.8 Å². The van der Waals surface area contributed by atoms with Crippen molar-refractivity contribution in [1.29, 1.82) is 0 Å². The minimum absolute atomic E-state index is 0.166. The molecule has 3 N–H and O–H groups in total. The molecule has 5 heteroatoms. The summed E-state index contributed by atoms with van der Waals surface area (Å²) in [7, 11) is 0. The Morgan fingerprint density at radius 3 is 2.70 bits per heavy atom. The first-order chi connectivity index (χ1) is 9.63. The van der Waals surface area contributed by atoms with Crippen molar-refractivity contribution in [3.63, 3.8) is 0 Å². The number of halogens is 1. The molecular weight excluding hydrogens is 259 g/mol. The molecule has 0 unspecified atom stereocenters. The van der Waals surface area contributed by atoms with Crippen LogP contribution in [0.5, 0.6) is 0 Å². The Morgan fingerprint density at radius 1 is 1.25 bits per heavy atom. The predicted octanol–water partition coefficient (Wildman–Crippen LogP) is 2.68. The maximum Gasteiger partial charge on any atom is 0.243 e. The summed E-state index contributed by atoms with van der Waals surface area (Å²) >= 11 is 0. The van der Waals surface area contributed by atoms with Crippen LogP contribution in [0.15, 0.2) is 18.2 Å². The number of carbonyl (C=O) groups is 1. The number of hydrogen-bond donors (Lipinski definition) is 3. The van der Waals surface area contributed by atoms with Crippen molar-refractivity contribution < 1.29 is 14.4 Å². The Morgan fingerprint density at radius 2 is 2.00 bits per heavy atom. The van der Waals surface area contributed by atoms with Crippen LogP contribution in [0.1, 0.15) is 43.2 Å². The van der Waals surface area contributed by atoms with Crippen molar-refractivity contribution in [2.45, 2.75) is 45.6 Å². The second-order valence-corrected chi connectivity index (χ2v) is 4.96. The Labute approximate surface area is 119 Å². The Bertz CT molecular complexity index is 424. The molecule has 0 aliphatic carbocycles. The fourth-order valence-corrected chi connectivity index (χ4v) is 1.99. The number of nitrogens with one attached hydrogen (secondary N) is 2. The van der Waals surface area contributed by atoms with Crippen molar-refractivity contribution in [2.75, 3.05) is 6.54 Å². The quantitative estimate of drug-likeness (QED) is 0.371. The molecule has 0 saturated carbocycles. The molecule has 1 rings (SSSR count). The van der Waals surface area contributed by atoms with Crippen LogP contribution in [0.3, 0.4) is 0 Å². The number of hydroxylamine groups is 1. The van der Waals surface area contributed by atoms with Gasteiger partial charge >= 0.3 is 0 Å². The normalized spacial score (nSPS) is 10.6. The molecule has 0 aromatic heterocycles. The number of rotatable bonds is 9. The zero-order valence-electron chi connectivity index (χ0n) is 11.9. The second-order valence-electron chi connectivity index (χ2n) is 4.96. The van der Waals surface area contributed by atoms with Gasteiger partial charge in [-0.2, -0.15) is 0 Å². The highest BCUT2D eigenvalue weighted by atomic mass is 19.1. The molecule has 0 bridgehead atoms. The molecule has 1 amide bonds. The average Bonchev–Trinajstić information content (AvgIpc) is 2.45. The summed E-state index contributed by atoms with van der Waals surface area (Å²) in [5.41, 5.74) is 3.38. The van der Waals surface area contributed by atoms with Gasteiger partial charge in [0.1, 0.15) is 5.82 Å². The van der Waals surface area contributed by atoms with Crippen LogP contribution in [-0.2, 0) is 11.3 Å². The van der Waals surface area contributed by atoms with E-state index in [1.807, 2.05) is 6.07 Å². The van der Waals surface area contributed by atoms with Crippen molar-refractivity contribution in [2.24, 2.45) is 0 Å². The standard InChI is InChI=1S/C15H23FN2O2/c1-12-10-13(7-8-14(12)16)11-17-9-5-3-2-4-6-15(19)18-20/h7-8,10,17,20H,2-6,9,11H2,1H3,(H,18,19). The van der Waals surface area contributed by atoms with Crippen LogP contribution in [0.25, 0.3) is 0 Å². The summed E-state index contributed by atoms with van der Waals surface area (Å²) in [6, 6.07) is 5.15. The lowest BCUT2D eigenvalue weighted by Gasteiger charge is -2.06. The summed E-state index contributed by atoms with van der Waals surface area (Å²) in [5, 5.41) is 11.6.